The molecule has 0 atom stereocenters. The van der Waals surface area contributed by atoms with E-state index in [-0.39, 0.29) is 6.61 Å². The summed E-state index contributed by atoms with van der Waals surface area (Å²) in [7, 11) is 0. The van der Waals surface area contributed by atoms with Gasteiger partial charge in [-0.25, -0.2) is 9.29 Å². The van der Waals surface area contributed by atoms with Crippen LogP contribution in [0.25, 0.3) is 11.3 Å². The lowest BCUT2D eigenvalue weighted by Crippen LogP contribution is -2.22. The summed E-state index contributed by atoms with van der Waals surface area (Å²) in [6.07, 6.45) is 4.51. The first-order chi connectivity index (χ1) is 14.8. The van der Waals surface area contributed by atoms with Gasteiger partial charge in [0.15, 0.2) is 5.82 Å². The molecule has 0 aliphatic carbocycles. The maximum atomic E-state index is 9.07. The fraction of sp³-hybridized carbons (Fsp3) is 0.364. The summed E-state index contributed by atoms with van der Waals surface area (Å²) < 4.78 is 2.42. The third-order valence-corrected chi connectivity index (χ3v) is 5.98. The molecular formula is C22H28N6OS. The highest BCUT2D eigenvalue weighted by Gasteiger charge is 2.14. The van der Waals surface area contributed by atoms with E-state index in [9.17, 15) is 0 Å². The lowest BCUT2D eigenvalue weighted by Gasteiger charge is -2.25. The van der Waals surface area contributed by atoms with Crippen molar-refractivity contribution in [3.8, 4) is 11.3 Å². The van der Waals surface area contributed by atoms with Gasteiger partial charge in [0.2, 0.25) is 0 Å². The van der Waals surface area contributed by atoms with Crippen LogP contribution in [0.3, 0.4) is 0 Å². The van der Waals surface area contributed by atoms with Crippen LogP contribution >= 0.6 is 11.9 Å². The topological polar surface area (TPSA) is 89.1 Å². The molecule has 0 unspecified atom stereocenters. The minimum Gasteiger partial charge on any atom is -0.396 e. The normalized spacial score (nSPS) is 14.6. The Morgan fingerprint density at radius 1 is 1.00 bits per heavy atom. The third-order valence-electron chi connectivity index (χ3n) is 4.91. The van der Waals surface area contributed by atoms with E-state index in [1.54, 1.807) is 11.9 Å². The molecule has 30 heavy (non-hydrogen) atoms. The van der Waals surface area contributed by atoms with Crippen molar-refractivity contribution in [1.29, 1.82) is 0 Å². The number of pyridine rings is 1. The van der Waals surface area contributed by atoms with E-state index in [2.05, 4.69) is 54.4 Å². The molecule has 8 heteroatoms. The fourth-order valence-electron chi connectivity index (χ4n) is 3.40. The number of nitrogens with zero attached hydrogens (tertiary/aromatic N) is 3. The highest BCUT2D eigenvalue weighted by atomic mass is 32.2. The molecule has 1 fully saturated rings. The molecule has 0 amide bonds. The van der Waals surface area contributed by atoms with Crippen LogP contribution in [0.2, 0.25) is 0 Å². The number of hydrogen-bond donors (Lipinski definition) is 4. The van der Waals surface area contributed by atoms with Crippen LogP contribution < -0.4 is 10.6 Å². The third kappa shape index (κ3) is 5.75. The van der Waals surface area contributed by atoms with Gasteiger partial charge in [-0.3, -0.25) is 5.10 Å². The Labute approximate surface area is 181 Å². The lowest BCUT2D eigenvalue weighted by atomic mass is 10.2. The highest BCUT2D eigenvalue weighted by molar-refractivity contribution is 7.97. The number of aromatic amines is 1. The molecule has 1 aromatic carbocycles. The Bertz CT molecular complexity index is 926. The Morgan fingerprint density at radius 3 is 2.60 bits per heavy atom. The fourth-order valence-corrected chi connectivity index (χ4v) is 4.46. The van der Waals surface area contributed by atoms with Gasteiger partial charge < -0.3 is 15.7 Å². The summed E-state index contributed by atoms with van der Waals surface area (Å²) >= 11 is 1.78. The summed E-state index contributed by atoms with van der Waals surface area (Å²) in [4.78, 5) is 5.82. The van der Waals surface area contributed by atoms with Crippen molar-refractivity contribution in [3.63, 3.8) is 0 Å². The Morgan fingerprint density at radius 2 is 1.80 bits per heavy atom. The number of H-pyrrole nitrogens is 1. The van der Waals surface area contributed by atoms with Gasteiger partial charge in [0, 0.05) is 37.2 Å². The van der Waals surface area contributed by atoms with E-state index < -0.39 is 0 Å². The second-order valence-corrected chi connectivity index (χ2v) is 8.49. The Kier molecular flexibility index (Phi) is 7.23. The molecule has 1 aliphatic rings. The molecule has 4 rings (SSSR count). The first kappa shape index (κ1) is 20.7. The van der Waals surface area contributed by atoms with Gasteiger partial charge in [-0.1, -0.05) is 36.8 Å². The number of piperidine rings is 1. The summed E-state index contributed by atoms with van der Waals surface area (Å²) in [5.41, 5.74) is 2.05. The molecule has 4 N–H and O–H groups in total. The molecule has 0 bridgehead atoms. The van der Waals surface area contributed by atoms with Gasteiger partial charge in [0.1, 0.15) is 11.6 Å². The number of aromatic nitrogens is 3. The van der Waals surface area contributed by atoms with Crippen molar-refractivity contribution in [2.24, 2.45) is 0 Å². The number of benzene rings is 1. The maximum absolute atomic E-state index is 9.07. The maximum Gasteiger partial charge on any atom is 0.153 e. The molecule has 1 aliphatic heterocycles. The minimum atomic E-state index is 0.163. The highest BCUT2D eigenvalue weighted by Crippen LogP contribution is 2.30. The Balaban J connectivity index is 1.51. The largest absolute Gasteiger partial charge is 0.396 e. The van der Waals surface area contributed by atoms with Crippen molar-refractivity contribution in [3.05, 3.63) is 48.5 Å². The van der Waals surface area contributed by atoms with Crippen molar-refractivity contribution < 1.29 is 5.11 Å². The summed E-state index contributed by atoms with van der Waals surface area (Å²) in [6.45, 7) is 3.07. The predicted molar refractivity (Wildman–Crippen MR) is 123 cm³/mol. The molecule has 158 valence electrons. The first-order valence-corrected chi connectivity index (χ1v) is 11.2. The van der Waals surface area contributed by atoms with Crippen molar-refractivity contribution >= 4 is 29.4 Å². The number of aliphatic hydroxyl groups is 1. The summed E-state index contributed by atoms with van der Waals surface area (Å²) in [6, 6.07) is 16.2. The number of anilines is 3. The zero-order valence-electron chi connectivity index (χ0n) is 17.0. The number of rotatable bonds is 9. The summed E-state index contributed by atoms with van der Waals surface area (Å²) in [5, 5.41) is 23.2. The van der Waals surface area contributed by atoms with Crippen molar-refractivity contribution in [1.82, 2.24) is 19.5 Å². The van der Waals surface area contributed by atoms with E-state index >= 15 is 0 Å². The second kappa shape index (κ2) is 10.5. The van der Waals surface area contributed by atoms with Crippen LogP contribution in [-0.2, 0) is 0 Å². The first-order valence-electron chi connectivity index (χ1n) is 10.5. The minimum absolute atomic E-state index is 0.163. The second-order valence-electron chi connectivity index (χ2n) is 7.32. The van der Waals surface area contributed by atoms with E-state index in [0.717, 1.165) is 46.7 Å². The molecule has 0 spiro atoms. The van der Waals surface area contributed by atoms with Gasteiger partial charge in [-0.2, -0.15) is 5.10 Å². The zero-order chi connectivity index (χ0) is 20.6. The molecular weight excluding hydrogens is 396 g/mol. The molecule has 3 heterocycles. The van der Waals surface area contributed by atoms with Gasteiger partial charge >= 0.3 is 0 Å². The average Bonchev–Trinajstić information content (AvgIpc) is 3.24. The van der Waals surface area contributed by atoms with Crippen LogP contribution in [-0.4, -0.2) is 50.8 Å². The predicted octanol–water partition coefficient (Wildman–Crippen LogP) is 4.50. The zero-order valence-corrected chi connectivity index (χ0v) is 17.8. The number of nitrogens with one attached hydrogen (secondary N) is 3. The van der Waals surface area contributed by atoms with E-state index in [1.165, 1.54) is 19.3 Å². The van der Waals surface area contributed by atoms with Gasteiger partial charge in [0.25, 0.3) is 0 Å². The standard InChI is InChI=1S/C22H28N6OS/c29-13-7-10-23-20-14-18(30-28-11-5-2-6-12-28)15-21(24-20)25-22-16-19(26-27-22)17-8-3-1-4-9-17/h1,3-4,8-9,14-16,29H,2,5-7,10-13H2,(H3,23,24,25,26,27). The molecule has 3 aromatic rings. The van der Waals surface area contributed by atoms with Gasteiger partial charge in [-0.05, 0) is 48.9 Å². The lowest BCUT2D eigenvalue weighted by molar-refractivity contribution is 0.292. The van der Waals surface area contributed by atoms with Gasteiger partial charge in [-0.15, -0.1) is 0 Å². The van der Waals surface area contributed by atoms with Crippen LogP contribution in [0, 0.1) is 0 Å². The smallest absolute Gasteiger partial charge is 0.153 e. The molecule has 0 saturated carbocycles. The average molecular weight is 425 g/mol. The van der Waals surface area contributed by atoms with Crippen molar-refractivity contribution in [2.75, 3.05) is 36.9 Å². The van der Waals surface area contributed by atoms with E-state index in [0.29, 0.717) is 13.0 Å². The quantitative estimate of drug-likeness (QED) is 0.297. The molecule has 0 radical (unpaired) electrons. The van der Waals surface area contributed by atoms with Crippen LogP contribution in [0.15, 0.2) is 53.4 Å². The monoisotopic (exact) mass is 424 g/mol. The molecule has 1 saturated heterocycles. The van der Waals surface area contributed by atoms with E-state index in [1.807, 2.05) is 24.3 Å². The van der Waals surface area contributed by atoms with Crippen LogP contribution in [0.5, 0.6) is 0 Å². The number of aliphatic hydroxyl groups excluding tert-OH is 1. The molecule has 7 nitrogen and oxygen atoms in total. The van der Waals surface area contributed by atoms with Crippen LogP contribution in [0.4, 0.5) is 17.5 Å². The summed E-state index contributed by atoms with van der Waals surface area (Å²) in [5.74, 6) is 2.27. The van der Waals surface area contributed by atoms with Gasteiger partial charge in [0.05, 0.1) is 5.69 Å². The SMILES string of the molecule is OCCCNc1cc(SN2CCCCC2)cc(Nc2cc(-c3ccccc3)[nH]n2)n1. The van der Waals surface area contributed by atoms with Crippen LogP contribution in [0.1, 0.15) is 25.7 Å². The van der Waals surface area contributed by atoms with E-state index in [4.69, 9.17) is 5.11 Å². The Hall–Kier alpha value is -2.55. The molecule has 2 aromatic heterocycles. The number of hydrogen-bond acceptors (Lipinski definition) is 7. The van der Waals surface area contributed by atoms with Crippen molar-refractivity contribution in [2.45, 2.75) is 30.6 Å².